The maximum Gasteiger partial charge on any atom is 0.320 e. The minimum absolute atomic E-state index is 0.0855. The third-order valence-corrected chi connectivity index (χ3v) is 3.79. The highest BCUT2D eigenvalue weighted by Crippen LogP contribution is 2.21. The van der Waals surface area contributed by atoms with Crippen LogP contribution in [0.1, 0.15) is 33.6 Å². The number of esters is 1. The highest BCUT2D eigenvalue weighted by atomic mass is 16.6. The fourth-order valence-electron chi connectivity index (χ4n) is 2.74. The Morgan fingerprint density at radius 3 is 2.62 bits per heavy atom. The molecule has 0 bridgehead atoms. The first-order chi connectivity index (χ1) is 11.2. The van der Waals surface area contributed by atoms with E-state index < -0.39 is 10.5 Å². The third-order valence-electron chi connectivity index (χ3n) is 3.79. The first-order valence-electron chi connectivity index (χ1n) is 8.18. The second kappa shape index (κ2) is 7.61. The van der Waals surface area contributed by atoms with Gasteiger partial charge in [0, 0.05) is 37.0 Å². The van der Waals surface area contributed by atoms with E-state index in [1.54, 1.807) is 12.1 Å². The number of carbonyl (C=O) groups excluding carboxylic acids is 1. The van der Waals surface area contributed by atoms with Crippen molar-refractivity contribution in [1.29, 1.82) is 0 Å². The van der Waals surface area contributed by atoms with Crippen molar-refractivity contribution in [3.63, 3.8) is 0 Å². The van der Waals surface area contributed by atoms with Crippen molar-refractivity contribution in [3.05, 3.63) is 34.4 Å². The zero-order chi connectivity index (χ0) is 17.7. The van der Waals surface area contributed by atoms with Gasteiger partial charge in [0.2, 0.25) is 0 Å². The number of anilines is 1. The summed E-state index contributed by atoms with van der Waals surface area (Å²) < 4.78 is 5.34. The molecule has 0 spiro atoms. The Morgan fingerprint density at radius 2 is 2.04 bits per heavy atom. The fourth-order valence-corrected chi connectivity index (χ4v) is 2.74. The molecule has 2 rings (SSSR count). The average Bonchev–Trinajstić information content (AvgIpc) is 2.47. The Morgan fingerprint density at radius 1 is 1.38 bits per heavy atom. The molecule has 0 unspecified atom stereocenters. The standard InChI is InChI=1S/C17H25N3O4/c1-17(2,3)24-16(21)12-19-9-7-13(8-10-19)18-14-5-4-6-15(11-14)20(22)23/h4-6,11,13,18H,7-10,12H2,1-3H3. The summed E-state index contributed by atoms with van der Waals surface area (Å²) >= 11 is 0. The molecule has 1 saturated heterocycles. The molecule has 0 aromatic heterocycles. The maximum absolute atomic E-state index is 11.9. The second-order valence-electron chi connectivity index (χ2n) is 7.09. The van der Waals surface area contributed by atoms with Gasteiger partial charge < -0.3 is 10.1 Å². The Balaban J connectivity index is 1.80. The van der Waals surface area contributed by atoms with Crippen molar-refractivity contribution in [3.8, 4) is 0 Å². The lowest BCUT2D eigenvalue weighted by molar-refractivity contribution is -0.384. The van der Waals surface area contributed by atoms with Gasteiger partial charge in [-0.1, -0.05) is 6.07 Å². The zero-order valence-corrected chi connectivity index (χ0v) is 14.4. The molecule has 1 aliphatic heterocycles. The number of nitro benzene ring substituents is 1. The van der Waals surface area contributed by atoms with Gasteiger partial charge in [-0.05, 0) is 39.7 Å². The molecule has 1 N–H and O–H groups in total. The van der Waals surface area contributed by atoms with Crippen molar-refractivity contribution < 1.29 is 14.5 Å². The van der Waals surface area contributed by atoms with Crippen LogP contribution >= 0.6 is 0 Å². The van der Waals surface area contributed by atoms with E-state index in [9.17, 15) is 14.9 Å². The highest BCUT2D eigenvalue weighted by molar-refractivity contribution is 5.72. The number of carbonyl (C=O) groups is 1. The molecule has 1 aromatic carbocycles. The smallest absolute Gasteiger partial charge is 0.320 e. The van der Waals surface area contributed by atoms with Gasteiger partial charge in [-0.3, -0.25) is 19.8 Å². The monoisotopic (exact) mass is 335 g/mol. The molecule has 0 amide bonds. The summed E-state index contributed by atoms with van der Waals surface area (Å²) in [4.78, 5) is 24.4. The molecule has 0 saturated carbocycles. The van der Waals surface area contributed by atoms with Crippen LogP contribution in [0.25, 0.3) is 0 Å². The summed E-state index contributed by atoms with van der Waals surface area (Å²) in [7, 11) is 0. The Bertz CT molecular complexity index is 590. The van der Waals surface area contributed by atoms with E-state index >= 15 is 0 Å². The van der Waals surface area contributed by atoms with Gasteiger partial charge >= 0.3 is 5.97 Å². The maximum atomic E-state index is 11.9. The number of piperidine rings is 1. The van der Waals surface area contributed by atoms with Crippen molar-refractivity contribution in [2.45, 2.75) is 45.3 Å². The number of rotatable bonds is 5. The molecule has 7 nitrogen and oxygen atoms in total. The normalized spacial score (nSPS) is 16.6. The van der Waals surface area contributed by atoms with E-state index in [0.29, 0.717) is 6.54 Å². The number of likely N-dealkylation sites (tertiary alicyclic amines) is 1. The number of hydrogen-bond acceptors (Lipinski definition) is 6. The quantitative estimate of drug-likeness (QED) is 0.506. The van der Waals surface area contributed by atoms with Crippen LogP contribution in [0.3, 0.4) is 0 Å². The number of ether oxygens (including phenoxy) is 1. The van der Waals surface area contributed by atoms with Gasteiger partial charge in [0.05, 0.1) is 11.5 Å². The molecule has 24 heavy (non-hydrogen) atoms. The molecule has 1 heterocycles. The van der Waals surface area contributed by atoms with E-state index in [2.05, 4.69) is 10.2 Å². The average molecular weight is 335 g/mol. The van der Waals surface area contributed by atoms with Gasteiger partial charge in [0.1, 0.15) is 5.60 Å². The van der Waals surface area contributed by atoms with Crippen molar-refractivity contribution in [2.24, 2.45) is 0 Å². The molecule has 0 radical (unpaired) electrons. The van der Waals surface area contributed by atoms with Crippen LogP contribution in [0.2, 0.25) is 0 Å². The van der Waals surface area contributed by atoms with Gasteiger partial charge in [0.15, 0.2) is 0 Å². The number of hydrogen-bond donors (Lipinski definition) is 1. The number of benzene rings is 1. The SMILES string of the molecule is CC(C)(C)OC(=O)CN1CCC(Nc2cccc([N+](=O)[O-])c2)CC1. The minimum atomic E-state index is -0.459. The summed E-state index contributed by atoms with van der Waals surface area (Å²) in [6.07, 6.45) is 1.76. The summed E-state index contributed by atoms with van der Waals surface area (Å²) in [6.45, 7) is 7.48. The molecule has 1 aromatic rings. The van der Waals surface area contributed by atoms with Crippen LogP contribution in [-0.4, -0.2) is 47.1 Å². The lowest BCUT2D eigenvalue weighted by Gasteiger charge is -2.32. The van der Waals surface area contributed by atoms with Gasteiger partial charge in [-0.25, -0.2) is 0 Å². The fraction of sp³-hybridized carbons (Fsp3) is 0.588. The molecule has 0 aliphatic carbocycles. The van der Waals surface area contributed by atoms with E-state index in [4.69, 9.17) is 4.74 Å². The molecule has 1 aliphatic rings. The molecule has 132 valence electrons. The predicted molar refractivity (Wildman–Crippen MR) is 92.0 cm³/mol. The zero-order valence-electron chi connectivity index (χ0n) is 14.4. The molecule has 1 fully saturated rings. The lowest BCUT2D eigenvalue weighted by atomic mass is 10.0. The second-order valence-corrected chi connectivity index (χ2v) is 7.09. The summed E-state index contributed by atoms with van der Waals surface area (Å²) in [5.41, 5.74) is 0.385. The van der Waals surface area contributed by atoms with Gasteiger partial charge in [0.25, 0.3) is 5.69 Å². The number of non-ortho nitro benzene ring substituents is 1. The van der Waals surface area contributed by atoms with Crippen LogP contribution in [0.15, 0.2) is 24.3 Å². The van der Waals surface area contributed by atoms with Crippen LogP contribution in [0.4, 0.5) is 11.4 Å². The first-order valence-corrected chi connectivity index (χ1v) is 8.18. The summed E-state index contributed by atoms with van der Waals surface area (Å²) in [5, 5.41) is 14.2. The lowest BCUT2D eigenvalue weighted by Crippen LogP contribution is -2.42. The molecule has 0 atom stereocenters. The van der Waals surface area contributed by atoms with Crippen LogP contribution in [0, 0.1) is 10.1 Å². The van der Waals surface area contributed by atoms with Crippen LogP contribution in [0.5, 0.6) is 0 Å². The van der Waals surface area contributed by atoms with E-state index in [-0.39, 0.29) is 17.7 Å². The van der Waals surface area contributed by atoms with E-state index in [1.165, 1.54) is 6.07 Å². The van der Waals surface area contributed by atoms with Gasteiger partial charge in [-0.15, -0.1) is 0 Å². The van der Waals surface area contributed by atoms with Crippen molar-refractivity contribution in [2.75, 3.05) is 25.0 Å². The minimum Gasteiger partial charge on any atom is -0.459 e. The highest BCUT2D eigenvalue weighted by Gasteiger charge is 2.23. The topological polar surface area (TPSA) is 84.7 Å². The Hall–Kier alpha value is -2.15. The Labute approximate surface area is 142 Å². The Kier molecular flexibility index (Phi) is 5.77. The predicted octanol–water partition coefficient (Wildman–Crippen LogP) is 2.81. The van der Waals surface area contributed by atoms with Gasteiger partial charge in [-0.2, -0.15) is 0 Å². The first kappa shape index (κ1) is 18.2. The summed E-state index contributed by atoms with van der Waals surface area (Å²) in [5.74, 6) is -0.201. The third kappa shape index (κ3) is 5.81. The molecular formula is C17H25N3O4. The molecular weight excluding hydrogens is 310 g/mol. The number of nitro groups is 1. The number of nitrogens with one attached hydrogen (secondary N) is 1. The van der Waals surface area contributed by atoms with Crippen molar-refractivity contribution >= 4 is 17.3 Å². The van der Waals surface area contributed by atoms with Crippen molar-refractivity contribution in [1.82, 2.24) is 4.90 Å². The van der Waals surface area contributed by atoms with E-state index in [0.717, 1.165) is 31.6 Å². The van der Waals surface area contributed by atoms with Crippen LogP contribution in [-0.2, 0) is 9.53 Å². The largest absolute Gasteiger partial charge is 0.459 e. The van der Waals surface area contributed by atoms with Crippen LogP contribution < -0.4 is 5.32 Å². The molecule has 7 heteroatoms. The summed E-state index contributed by atoms with van der Waals surface area (Å²) in [6, 6.07) is 6.79. The number of nitrogens with zero attached hydrogens (tertiary/aromatic N) is 2. The van der Waals surface area contributed by atoms with E-state index in [1.807, 2.05) is 26.8 Å².